The van der Waals surface area contributed by atoms with Crippen LogP contribution in [-0.4, -0.2) is 26.1 Å². The van der Waals surface area contributed by atoms with Gasteiger partial charge in [-0.2, -0.15) is 0 Å². The molecule has 0 aliphatic heterocycles. The number of carbonyl (C=O) groups excluding carboxylic acids is 1. The molecule has 1 aliphatic carbocycles. The number of hydrogen-bond donors (Lipinski definition) is 1. The van der Waals surface area contributed by atoms with Crippen LogP contribution in [0.15, 0.2) is 18.2 Å². The summed E-state index contributed by atoms with van der Waals surface area (Å²) in [5, 5.41) is 0. The summed E-state index contributed by atoms with van der Waals surface area (Å²) in [7, 11) is 1.49. The number of hydrogen-bond acceptors (Lipinski definition) is 4. The highest BCUT2D eigenvalue weighted by molar-refractivity contribution is 5.65. The van der Waals surface area contributed by atoms with Gasteiger partial charge in [0.2, 0.25) is 0 Å². The first-order valence-corrected chi connectivity index (χ1v) is 5.97. The Balaban J connectivity index is 2.31. The van der Waals surface area contributed by atoms with Gasteiger partial charge in [-0.3, -0.25) is 0 Å². The molecule has 0 unspecified atom stereocenters. The van der Waals surface area contributed by atoms with E-state index >= 15 is 0 Å². The van der Waals surface area contributed by atoms with Crippen molar-refractivity contribution in [1.29, 1.82) is 0 Å². The molecule has 1 aromatic carbocycles. The number of halogens is 1. The van der Waals surface area contributed by atoms with Crippen LogP contribution in [0.3, 0.4) is 0 Å². The summed E-state index contributed by atoms with van der Waals surface area (Å²) >= 11 is 0. The molecule has 0 fully saturated rings. The maximum absolute atomic E-state index is 13.9. The van der Waals surface area contributed by atoms with E-state index in [1.807, 2.05) is 6.07 Å². The fourth-order valence-electron chi connectivity index (χ4n) is 2.34. The van der Waals surface area contributed by atoms with E-state index in [0.717, 1.165) is 5.56 Å². The van der Waals surface area contributed by atoms with Crippen molar-refractivity contribution in [2.24, 2.45) is 5.73 Å². The quantitative estimate of drug-likeness (QED) is 0.847. The Bertz CT molecular complexity index is 466. The zero-order valence-corrected chi connectivity index (χ0v) is 10.6. The van der Waals surface area contributed by atoms with Crippen LogP contribution in [0.4, 0.5) is 9.18 Å². The van der Waals surface area contributed by atoms with Crippen LogP contribution < -0.4 is 5.73 Å². The molecule has 5 nitrogen and oxygen atoms in total. The molecule has 1 amide bonds. The third-order valence-electron chi connectivity index (χ3n) is 3.11. The number of nitrogens with two attached hydrogens (primary N) is 1. The van der Waals surface area contributed by atoms with Crippen LogP contribution in [0.25, 0.3) is 0 Å². The lowest BCUT2D eigenvalue weighted by Gasteiger charge is -2.32. The first kappa shape index (κ1) is 13.8. The fourth-order valence-corrected chi connectivity index (χ4v) is 2.34. The summed E-state index contributed by atoms with van der Waals surface area (Å²) in [4.78, 5) is 11.0. The van der Waals surface area contributed by atoms with Crippen molar-refractivity contribution >= 4 is 6.09 Å². The van der Waals surface area contributed by atoms with Crippen molar-refractivity contribution in [1.82, 2.24) is 0 Å². The van der Waals surface area contributed by atoms with E-state index in [0.29, 0.717) is 18.4 Å². The Kier molecular flexibility index (Phi) is 4.34. The third-order valence-corrected chi connectivity index (χ3v) is 3.11. The number of amides is 1. The standard InChI is InChI=1S/C13H16FNO4/c1-17-7-18-10-6-5-8-3-2-4-9(14)11(8)12(10)19-13(15)16/h2-4,10,12H,5-7H2,1H3,(H2,15,16)/t10-,12-/m0/s1. The molecule has 2 rings (SSSR count). The van der Waals surface area contributed by atoms with Crippen LogP contribution in [0.1, 0.15) is 23.7 Å². The first-order valence-electron chi connectivity index (χ1n) is 5.97. The minimum Gasteiger partial charge on any atom is -0.439 e. The maximum atomic E-state index is 13.9. The fraction of sp³-hybridized carbons (Fsp3) is 0.462. The van der Waals surface area contributed by atoms with E-state index in [1.54, 1.807) is 6.07 Å². The molecule has 0 saturated carbocycles. The molecule has 0 heterocycles. The molecule has 2 N–H and O–H groups in total. The number of ether oxygens (including phenoxy) is 3. The van der Waals surface area contributed by atoms with Crippen LogP contribution >= 0.6 is 0 Å². The summed E-state index contributed by atoms with van der Waals surface area (Å²) in [5.74, 6) is -0.422. The van der Waals surface area contributed by atoms with Gasteiger partial charge in [-0.25, -0.2) is 9.18 Å². The van der Waals surface area contributed by atoms with Gasteiger partial charge in [0.05, 0.1) is 0 Å². The van der Waals surface area contributed by atoms with Crippen molar-refractivity contribution in [2.45, 2.75) is 25.0 Å². The number of methoxy groups -OCH3 is 1. The summed E-state index contributed by atoms with van der Waals surface area (Å²) in [6, 6.07) is 4.77. The van der Waals surface area contributed by atoms with Gasteiger partial charge < -0.3 is 19.9 Å². The van der Waals surface area contributed by atoms with E-state index in [-0.39, 0.29) is 6.79 Å². The highest BCUT2D eigenvalue weighted by atomic mass is 19.1. The summed E-state index contributed by atoms with van der Waals surface area (Å²) in [6.45, 7) is 0.0487. The first-order chi connectivity index (χ1) is 9.13. The van der Waals surface area contributed by atoms with Gasteiger partial charge in [-0.15, -0.1) is 0 Å². The highest BCUT2D eigenvalue weighted by Gasteiger charge is 2.35. The maximum Gasteiger partial charge on any atom is 0.405 e. The lowest BCUT2D eigenvalue weighted by Crippen LogP contribution is -2.34. The molecule has 0 saturated heterocycles. The Hall–Kier alpha value is -1.66. The van der Waals surface area contributed by atoms with Crippen LogP contribution in [0.5, 0.6) is 0 Å². The number of benzene rings is 1. The summed E-state index contributed by atoms with van der Waals surface area (Å²) in [6.07, 6.45) is -0.987. The topological polar surface area (TPSA) is 70.8 Å². The second-order valence-electron chi connectivity index (χ2n) is 4.32. The number of aryl methyl sites for hydroxylation is 1. The van der Waals surface area contributed by atoms with Gasteiger partial charge >= 0.3 is 6.09 Å². The van der Waals surface area contributed by atoms with Gasteiger partial charge in [-0.05, 0) is 24.5 Å². The molecule has 0 radical (unpaired) electrons. The van der Waals surface area contributed by atoms with Crippen molar-refractivity contribution in [3.63, 3.8) is 0 Å². The molecule has 2 atom stereocenters. The predicted molar refractivity (Wildman–Crippen MR) is 64.9 cm³/mol. The zero-order valence-electron chi connectivity index (χ0n) is 10.6. The molecule has 1 aliphatic rings. The van der Waals surface area contributed by atoms with Crippen molar-refractivity contribution in [3.05, 3.63) is 35.1 Å². The van der Waals surface area contributed by atoms with Crippen LogP contribution in [-0.2, 0) is 20.6 Å². The SMILES string of the molecule is COCO[C@H]1CCc2cccc(F)c2[C@H]1OC(N)=O. The molecule has 0 spiro atoms. The van der Waals surface area contributed by atoms with E-state index in [9.17, 15) is 9.18 Å². The van der Waals surface area contributed by atoms with Gasteiger partial charge in [-0.1, -0.05) is 12.1 Å². The monoisotopic (exact) mass is 269 g/mol. The van der Waals surface area contributed by atoms with Crippen molar-refractivity contribution < 1.29 is 23.4 Å². The van der Waals surface area contributed by atoms with Crippen molar-refractivity contribution in [2.75, 3.05) is 13.9 Å². The number of fused-ring (bicyclic) bond motifs is 1. The molecule has 104 valence electrons. The second-order valence-corrected chi connectivity index (χ2v) is 4.32. The Morgan fingerprint density at radius 1 is 1.53 bits per heavy atom. The average Bonchev–Trinajstić information content (AvgIpc) is 2.37. The van der Waals surface area contributed by atoms with Crippen molar-refractivity contribution in [3.8, 4) is 0 Å². The van der Waals surface area contributed by atoms with Gasteiger partial charge in [0, 0.05) is 12.7 Å². The largest absolute Gasteiger partial charge is 0.439 e. The van der Waals surface area contributed by atoms with E-state index in [2.05, 4.69) is 0 Å². The van der Waals surface area contributed by atoms with E-state index in [4.69, 9.17) is 19.9 Å². The molecule has 6 heteroatoms. The molecule has 1 aromatic rings. The second kappa shape index (κ2) is 5.99. The smallest absolute Gasteiger partial charge is 0.405 e. The number of carbonyl (C=O) groups is 1. The van der Waals surface area contributed by atoms with Gasteiger partial charge in [0.1, 0.15) is 18.7 Å². The molecule has 19 heavy (non-hydrogen) atoms. The average molecular weight is 269 g/mol. The Morgan fingerprint density at radius 3 is 3.00 bits per heavy atom. The molecule has 0 aromatic heterocycles. The van der Waals surface area contributed by atoms with Crippen LogP contribution in [0.2, 0.25) is 0 Å². The molecule has 0 bridgehead atoms. The lowest BCUT2D eigenvalue weighted by molar-refractivity contribution is -0.120. The van der Waals surface area contributed by atoms with Crippen LogP contribution in [0, 0.1) is 5.82 Å². The van der Waals surface area contributed by atoms with Gasteiger partial charge in [0.25, 0.3) is 0 Å². The number of rotatable bonds is 4. The molecular weight excluding hydrogens is 253 g/mol. The van der Waals surface area contributed by atoms with E-state index < -0.39 is 24.1 Å². The number of primary amides is 1. The highest BCUT2D eigenvalue weighted by Crippen LogP contribution is 2.36. The summed E-state index contributed by atoms with van der Waals surface area (Å²) in [5.41, 5.74) is 6.20. The minimum absolute atomic E-state index is 0.0487. The third kappa shape index (κ3) is 3.02. The van der Waals surface area contributed by atoms with E-state index in [1.165, 1.54) is 13.2 Å². The minimum atomic E-state index is -0.952. The van der Waals surface area contributed by atoms with Gasteiger partial charge in [0.15, 0.2) is 6.10 Å². The zero-order chi connectivity index (χ0) is 13.8. The Labute approximate surface area is 110 Å². The predicted octanol–water partition coefficient (Wildman–Crippen LogP) is 1.90. The summed E-state index contributed by atoms with van der Waals surface area (Å²) < 4.78 is 29.2. The normalized spacial score (nSPS) is 21.8. The lowest BCUT2D eigenvalue weighted by atomic mass is 9.87. The molecular formula is C13H16FNO4. The Morgan fingerprint density at radius 2 is 2.32 bits per heavy atom.